The van der Waals surface area contributed by atoms with Crippen LogP contribution in [0.5, 0.6) is 0 Å². The average Bonchev–Trinajstić information content (AvgIpc) is 3.51. The Labute approximate surface area is 218 Å². The molecule has 2 fully saturated rings. The Hall–Kier alpha value is -2.75. The zero-order valence-corrected chi connectivity index (χ0v) is 22.1. The van der Waals surface area contributed by atoms with Crippen molar-refractivity contribution in [2.75, 3.05) is 45.5 Å². The van der Waals surface area contributed by atoms with Crippen LogP contribution < -0.4 is 4.72 Å². The van der Waals surface area contributed by atoms with Gasteiger partial charge in [0.15, 0.2) is 0 Å². The molecule has 37 heavy (non-hydrogen) atoms. The molecule has 0 unspecified atom stereocenters. The van der Waals surface area contributed by atoms with Crippen molar-refractivity contribution in [3.63, 3.8) is 0 Å². The maximum atomic E-state index is 13.6. The first-order valence-electron chi connectivity index (χ1n) is 13.1. The molecule has 198 valence electrons. The number of hydrogen-bond acceptors (Lipinski definition) is 4. The SMILES string of the molecule is CS(=O)(=O)NCCn1ccc2cccc(C(=O)N3CC[C@H](CN4CCC(c5ccc(F)cc5)CC4)C3)c21. The molecular formula is C28H35FN4O3S. The first kappa shape index (κ1) is 25.9. The number of fused-ring (bicyclic) bond motifs is 1. The lowest BCUT2D eigenvalue weighted by Gasteiger charge is -2.33. The average molecular weight is 527 g/mol. The highest BCUT2D eigenvalue weighted by Gasteiger charge is 2.31. The Morgan fingerprint density at radius 2 is 1.78 bits per heavy atom. The molecule has 2 saturated heterocycles. The van der Waals surface area contributed by atoms with E-state index in [1.807, 2.05) is 52.1 Å². The molecular weight excluding hydrogens is 491 g/mol. The third-order valence-electron chi connectivity index (χ3n) is 7.75. The van der Waals surface area contributed by atoms with Crippen LogP contribution in [0, 0.1) is 11.7 Å². The van der Waals surface area contributed by atoms with E-state index in [1.165, 1.54) is 5.56 Å². The number of carbonyl (C=O) groups is 1. The highest BCUT2D eigenvalue weighted by atomic mass is 32.2. The van der Waals surface area contributed by atoms with Gasteiger partial charge >= 0.3 is 0 Å². The van der Waals surface area contributed by atoms with Crippen molar-refractivity contribution >= 4 is 26.8 Å². The number of amides is 1. The normalized spacial score (nSPS) is 19.6. The van der Waals surface area contributed by atoms with Crippen LogP contribution in [0.4, 0.5) is 4.39 Å². The Balaban J connectivity index is 1.18. The minimum atomic E-state index is -3.26. The van der Waals surface area contributed by atoms with Gasteiger partial charge in [0, 0.05) is 44.3 Å². The Bertz CT molecular complexity index is 1350. The van der Waals surface area contributed by atoms with Gasteiger partial charge in [0.25, 0.3) is 5.91 Å². The Morgan fingerprint density at radius 1 is 1.03 bits per heavy atom. The van der Waals surface area contributed by atoms with E-state index in [0.29, 0.717) is 23.9 Å². The van der Waals surface area contributed by atoms with Crippen molar-refractivity contribution < 1.29 is 17.6 Å². The van der Waals surface area contributed by atoms with E-state index in [2.05, 4.69) is 9.62 Å². The van der Waals surface area contributed by atoms with Crippen molar-refractivity contribution in [3.8, 4) is 0 Å². The smallest absolute Gasteiger partial charge is 0.256 e. The second kappa shape index (κ2) is 10.9. The fraction of sp³-hybridized carbons (Fsp3) is 0.464. The topological polar surface area (TPSA) is 74.6 Å². The first-order valence-corrected chi connectivity index (χ1v) is 15.0. The number of nitrogens with one attached hydrogen (secondary N) is 1. The molecule has 5 rings (SSSR count). The third kappa shape index (κ3) is 6.22. The summed E-state index contributed by atoms with van der Waals surface area (Å²) in [6, 6.07) is 14.7. The standard InChI is InChI=1S/C28H35FN4O3S/c1-37(35,36)30-13-18-32-17-12-24-3-2-4-26(27(24)32)28(34)33-16-9-21(20-33)19-31-14-10-23(11-15-31)22-5-7-25(29)8-6-22/h2-8,12,17,21,23,30H,9-11,13-16,18-20H2,1H3/t21-/m1/s1. The second-order valence-electron chi connectivity index (χ2n) is 10.5. The van der Waals surface area contributed by atoms with E-state index in [9.17, 15) is 17.6 Å². The van der Waals surface area contributed by atoms with Crippen LogP contribution in [-0.4, -0.2) is 74.2 Å². The van der Waals surface area contributed by atoms with Crippen molar-refractivity contribution in [2.45, 2.75) is 31.7 Å². The molecule has 0 bridgehead atoms. The predicted octanol–water partition coefficient (Wildman–Crippen LogP) is 3.67. The summed E-state index contributed by atoms with van der Waals surface area (Å²) in [4.78, 5) is 18.0. The summed E-state index contributed by atoms with van der Waals surface area (Å²) in [5.41, 5.74) is 2.75. The number of sulfonamides is 1. The van der Waals surface area contributed by atoms with Gasteiger partial charge in [-0.25, -0.2) is 17.5 Å². The molecule has 2 aliphatic heterocycles. The molecule has 0 spiro atoms. The summed E-state index contributed by atoms with van der Waals surface area (Å²) in [6.07, 6.45) is 6.21. The highest BCUT2D eigenvalue weighted by molar-refractivity contribution is 7.88. The van der Waals surface area contributed by atoms with Crippen LogP contribution in [0.3, 0.4) is 0 Å². The Kier molecular flexibility index (Phi) is 7.65. The molecule has 9 heteroatoms. The van der Waals surface area contributed by atoms with E-state index < -0.39 is 10.0 Å². The molecule has 3 aromatic rings. The quantitative estimate of drug-likeness (QED) is 0.486. The van der Waals surface area contributed by atoms with E-state index in [-0.39, 0.29) is 18.3 Å². The molecule has 0 radical (unpaired) electrons. The molecule has 1 aromatic heterocycles. The fourth-order valence-electron chi connectivity index (χ4n) is 5.86. The molecule has 1 atom stereocenters. The number of aromatic nitrogens is 1. The molecule has 2 aromatic carbocycles. The van der Waals surface area contributed by atoms with Crippen LogP contribution >= 0.6 is 0 Å². The molecule has 0 aliphatic carbocycles. The number of rotatable bonds is 8. The van der Waals surface area contributed by atoms with E-state index in [0.717, 1.165) is 69.1 Å². The number of piperidine rings is 1. The lowest BCUT2D eigenvalue weighted by molar-refractivity contribution is 0.0783. The third-order valence-corrected chi connectivity index (χ3v) is 8.48. The molecule has 0 saturated carbocycles. The van der Waals surface area contributed by atoms with Gasteiger partial charge in [-0.3, -0.25) is 4.79 Å². The van der Waals surface area contributed by atoms with Gasteiger partial charge in [0.2, 0.25) is 10.0 Å². The minimum absolute atomic E-state index is 0.0409. The maximum absolute atomic E-state index is 13.6. The van der Waals surface area contributed by atoms with E-state index in [4.69, 9.17) is 0 Å². The minimum Gasteiger partial charge on any atom is -0.346 e. The van der Waals surface area contributed by atoms with Gasteiger partial charge in [0.1, 0.15) is 5.82 Å². The summed E-state index contributed by atoms with van der Waals surface area (Å²) in [6.45, 7) is 5.29. The Morgan fingerprint density at radius 3 is 2.51 bits per heavy atom. The number of halogens is 1. The summed E-state index contributed by atoms with van der Waals surface area (Å²) in [7, 11) is -3.26. The van der Waals surface area contributed by atoms with E-state index >= 15 is 0 Å². The lowest BCUT2D eigenvalue weighted by atomic mass is 9.89. The molecule has 7 nitrogen and oxygen atoms in total. The molecule has 1 amide bonds. The van der Waals surface area contributed by atoms with Gasteiger partial charge < -0.3 is 14.4 Å². The van der Waals surface area contributed by atoms with Gasteiger partial charge in [-0.2, -0.15) is 0 Å². The van der Waals surface area contributed by atoms with Crippen LogP contribution in [0.15, 0.2) is 54.7 Å². The van der Waals surface area contributed by atoms with Crippen molar-refractivity contribution in [2.24, 2.45) is 5.92 Å². The predicted molar refractivity (Wildman–Crippen MR) is 144 cm³/mol. The van der Waals surface area contributed by atoms with Crippen molar-refractivity contribution in [1.29, 1.82) is 0 Å². The zero-order chi connectivity index (χ0) is 26.0. The first-order chi connectivity index (χ1) is 17.8. The maximum Gasteiger partial charge on any atom is 0.256 e. The number of benzene rings is 2. The highest BCUT2D eigenvalue weighted by Crippen LogP contribution is 2.30. The number of carbonyl (C=O) groups excluding carboxylic acids is 1. The second-order valence-corrected chi connectivity index (χ2v) is 12.3. The van der Waals surface area contributed by atoms with Crippen molar-refractivity contribution in [3.05, 3.63) is 71.7 Å². The van der Waals surface area contributed by atoms with Crippen LogP contribution in [0.1, 0.15) is 41.1 Å². The monoisotopic (exact) mass is 526 g/mol. The van der Waals surface area contributed by atoms with Crippen LogP contribution in [-0.2, 0) is 16.6 Å². The lowest BCUT2D eigenvalue weighted by Crippen LogP contribution is -2.38. The number of para-hydroxylation sites is 1. The zero-order valence-electron chi connectivity index (χ0n) is 21.3. The van der Waals surface area contributed by atoms with Gasteiger partial charge in [-0.1, -0.05) is 24.3 Å². The number of likely N-dealkylation sites (tertiary alicyclic amines) is 2. The summed E-state index contributed by atoms with van der Waals surface area (Å²) in [5, 5.41) is 0.977. The summed E-state index contributed by atoms with van der Waals surface area (Å²) in [5.74, 6) is 0.799. The molecule has 3 heterocycles. The molecule has 1 N–H and O–H groups in total. The summed E-state index contributed by atoms with van der Waals surface area (Å²) < 4.78 is 40.6. The fourth-order valence-corrected chi connectivity index (χ4v) is 6.32. The number of nitrogens with zero attached hydrogens (tertiary/aromatic N) is 3. The van der Waals surface area contributed by atoms with Crippen LogP contribution in [0.2, 0.25) is 0 Å². The van der Waals surface area contributed by atoms with Gasteiger partial charge in [0.05, 0.1) is 17.3 Å². The van der Waals surface area contributed by atoms with Crippen LogP contribution in [0.25, 0.3) is 10.9 Å². The van der Waals surface area contributed by atoms with Gasteiger partial charge in [-0.05, 0) is 74.0 Å². The largest absolute Gasteiger partial charge is 0.346 e. The number of hydrogen-bond donors (Lipinski definition) is 1. The summed E-state index contributed by atoms with van der Waals surface area (Å²) >= 11 is 0. The van der Waals surface area contributed by atoms with E-state index in [1.54, 1.807) is 12.1 Å². The van der Waals surface area contributed by atoms with Crippen molar-refractivity contribution in [1.82, 2.24) is 19.1 Å². The molecule has 2 aliphatic rings. The van der Waals surface area contributed by atoms with Gasteiger partial charge in [-0.15, -0.1) is 0 Å².